The molecule has 2 rings (SSSR count). The molecule has 8 heteroatoms. The van der Waals surface area contributed by atoms with E-state index in [1.54, 1.807) is 30.6 Å². The molecule has 21 heavy (non-hydrogen) atoms. The summed E-state index contributed by atoms with van der Waals surface area (Å²) in [6.07, 6.45) is 1.58. The van der Waals surface area contributed by atoms with E-state index in [1.807, 2.05) is 0 Å². The maximum absolute atomic E-state index is 11.7. The first kappa shape index (κ1) is 14.9. The zero-order valence-corrected chi connectivity index (χ0v) is 12.4. The average Bonchev–Trinajstić information content (AvgIpc) is 2.90. The minimum atomic E-state index is -0.757. The van der Waals surface area contributed by atoms with Crippen LogP contribution >= 0.6 is 11.3 Å². The topological polar surface area (TPSA) is 93.2 Å². The van der Waals surface area contributed by atoms with E-state index in [0.717, 1.165) is 5.69 Å². The summed E-state index contributed by atoms with van der Waals surface area (Å²) in [6, 6.07) is 3.48. The Morgan fingerprint density at radius 1 is 1.38 bits per heavy atom. The molecule has 2 N–H and O–H groups in total. The number of pyridine rings is 1. The molecule has 0 saturated carbocycles. The van der Waals surface area contributed by atoms with Crippen LogP contribution in [0.3, 0.4) is 0 Å². The van der Waals surface area contributed by atoms with Crippen molar-refractivity contribution in [1.82, 2.24) is 15.3 Å². The fourth-order valence-electron chi connectivity index (χ4n) is 1.56. The van der Waals surface area contributed by atoms with Crippen molar-refractivity contribution in [3.63, 3.8) is 0 Å². The van der Waals surface area contributed by atoms with E-state index in [-0.39, 0.29) is 6.54 Å². The third-order valence-corrected chi connectivity index (χ3v) is 3.40. The highest BCUT2D eigenvalue weighted by Crippen LogP contribution is 2.14. The van der Waals surface area contributed by atoms with E-state index in [2.05, 4.69) is 20.6 Å². The van der Waals surface area contributed by atoms with Crippen LogP contribution in [0.15, 0.2) is 23.7 Å². The number of anilines is 1. The summed E-state index contributed by atoms with van der Waals surface area (Å²) in [7, 11) is 1.49. The lowest BCUT2D eigenvalue weighted by molar-refractivity contribution is -0.136. The number of hydrogen-bond donors (Lipinski definition) is 2. The Labute approximate surface area is 125 Å². The molecular formula is C13H14N4O3S. The molecule has 0 saturated heterocycles. The van der Waals surface area contributed by atoms with Gasteiger partial charge in [-0.25, -0.2) is 9.97 Å². The Hall–Kier alpha value is -2.48. The van der Waals surface area contributed by atoms with Crippen LogP contribution in [0.2, 0.25) is 0 Å². The summed E-state index contributed by atoms with van der Waals surface area (Å²) >= 11 is 1.26. The SMILES string of the molecule is COc1ncccc1CNC(=O)C(=O)Nc1nc(C)cs1. The molecule has 2 aromatic rings. The molecule has 7 nitrogen and oxygen atoms in total. The van der Waals surface area contributed by atoms with E-state index in [9.17, 15) is 9.59 Å². The van der Waals surface area contributed by atoms with E-state index >= 15 is 0 Å². The van der Waals surface area contributed by atoms with Gasteiger partial charge in [0.25, 0.3) is 0 Å². The van der Waals surface area contributed by atoms with Crippen molar-refractivity contribution in [1.29, 1.82) is 0 Å². The number of hydrogen-bond acceptors (Lipinski definition) is 6. The van der Waals surface area contributed by atoms with Gasteiger partial charge in [-0.2, -0.15) is 0 Å². The van der Waals surface area contributed by atoms with Gasteiger partial charge in [-0.1, -0.05) is 6.07 Å². The zero-order chi connectivity index (χ0) is 15.2. The number of ether oxygens (including phenoxy) is 1. The van der Waals surface area contributed by atoms with Crippen molar-refractivity contribution in [2.45, 2.75) is 13.5 Å². The number of methoxy groups -OCH3 is 1. The van der Waals surface area contributed by atoms with Crippen LogP contribution < -0.4 is 15.4 Å². The molecular weight excluding hydrogens is 292 g/mol. The van der Waals surface area contributed by atoms with Gasteiger partial charge in [0.15, 0.2) is 5.13 Å². The summed E-state index contributed by atoms with van der Waals surface area (Å²) in [6.45, 7) is 1.96. The number of aryl methyl sites for hydroxylation is 1. The molecule has 0 aliphatic heterocycles. The van der Waals surface area contributed by atoms with Gasteiger partial charge in [0.2, 0.25) is 5.88 Å². The number of amides is 2. The monoisotopic (exact) mass is 306 g/mol. The third kappa shape index (κ3) is 3.99. The highest BCUT2D eigenvalue weighted by Gasteiger charge is 2.15. The van der Waals surface area contributed by atoms with Crippen LogP contribution in [0, 0.1) is 6.92 Å². The summed E-state index contributed by atoms with van der Waals surface area (Å²) < 4.78 is 5.07. The number of aromatic nitrogens is 2. The fraction of sp³-hybridized carbons (Fsp3) is 0.231. The van der Waals surface area contributed by atoms with Crippen LogP contribution in [0.1, 0.15) is 11.3 Å². The second-order valence-electron chi connectivity index (χ2n) is 4.10. The molecule has 0 radical (unpaired) electrons. The number of rotatable bonds is 4. The molecule has 0 aliphatic rings. The second-order valence-corrected chi connectivity index (χ2v) is 4.96. The maximum Gasteiger partial charge on any atom is 0.315 e. The Morgan fingerprint density at radius 2 is 2.19 bits per heavy atom. The molecule has 0 unspecified atom stereocenters. The number of carbonyl (C=O) groups excluding carboxylic acids is 2. The Balaban J connectivity index is 1.90. The normalized spacial score (nSPS) is 10.0. The van der Waals surface area contributed by atoms with Crippen LogP contribution in [0.4, 0.5) is 5.13 Å². The van der Waals surface area contributed by atoms with Gasteiger partial charge in [-0.3, -0.25) is 14.9 Å². The van der Waals surface area contributed by atoms with Crippen LogP contribution in [0.25, 0.3) is 0 Å². The first-order chi connectivity index (χ1) is 10.1. The largest absolute Gasteiger partial charge is 0.481 e. The van der Waals surface area contributed by atoms with Crippen molar-refractivity contribution in [2.24, 2.45) is 0 Å². The number of carbonyl (C=O) groups is 2. The Morgan fingerprint density at radius 3 is 2.86 bits per heavy atom. The average molecular weight is 306 g/mol. The van der Waals surface area contributed by atoms with E-state index in [0.29, 0.717) is 16.6 Å². The zero-order valence-electron chi connectivity index (χ0n) is 11.5. The number of nitrogens with one attached hydrogen (secondary N) is 2. The maximum atomic E-state index is 11.7. The van der Waals surface area contributed by atoms with E-state index in [4.69, 9.17) is 4.74 Å². The highest BCUT2D eigenvalue weighted by atomic mass is 32.1. The van der Waals surface area contributed by atoms with Gasteiger partial charge < -0.3 is 10.1 Å². The predicted octanol–water partition coefficient (Wildman–Crippen LogP) is 1.11. The highest BCUT2D eigenvalue weighted by molar-refractivity contribution is 7.14. The molecule has 110 valence electrons. The Bertz CT molecular complexity index is 656. The van der Waals surface area contributed by atoms with Crippen molar-refractivity contribution in [2.75, 3.05) is 12.4 Å². The van der Waals surface area contributed by atoms with Crippen LogP contribution in [-0.4, -0.2) is 28.9 Å². The summed E-state index contributed by atoms with van der Waals surface area (Å²) in [5.74, 6) is -1.09. The summed E-state index contributed by atoms with van der Waals surface area (Å²) in [4.78, 5) is 31.5. The molecule has 0 atom stereocenters. The van der Waals surface area contributed by atoms with Gasteiger partial charge in [-0.05, 0) is 13.0 Å². The second kappa shape index (κ2) is 6.80. The molecule has 2 aromatic heterocycles. The first-order valence-corrected chi connectivity index (χ1v) is 6.97. The van der Waals surface area contributed by atoms with Crippen molar-refractivity contribution >= 4 is 28.3 Å². The Kier molecular flexibility index (Phi) is 4.83. The van der Waals surface area contributed by atoms with Gasteiger partial charge in [-0.15, -0.1) is 11.3 Å². The van der Waals surface area contributed by atoms with Gasteiger partial charge in [0.05, 0.1) is 12.8 Å². The summed E-state index contributed by atoms with van der Waals surface area (Å²) in [5.41, 5.74) is 1.47. The van der Waals surface area contributed by atoms with Crippen molar-refractivity contribution in [3.8, 4) is 5.88 Å². The number of nitrogens with zero attached hydrogens (tertiary/aromatic N) is 2. The lowest BCUT2D eigenvalue weighted by Crippen LogP contribution is -2.35. The quantitative estimate of drug-likeness (QED) is 0.825. The smallest absolute Gasteiger partial charge is 0.315 e. The lowest BCUT2D eigenvalue weighted by Gasteiger charge is -2.08. The molecule has 0 bridgehead atoms. The molecule has 0 aromatic carbocycles. The molecule has 2 amide bonds. The first-order valence-electron chi connectivity index (χ1n) is 6.09. The van der Waals surface area contributed by atoms with Crippen LogP contribution in [-0.2, 0) is 16.1 Å². The van der Waals surface area contributed by atoms with Crippen molar-refractivity contribution in [3.05, 3.63) is 35.0 Å². The fourth-order valence-corrected chi connectivity index (χ4v) is 2.25. The molecule has 0 spiro atoms. The van der Waals surface area contributed by atoms with Gasteiger partial charge >= 0.3 is 11.8 Å². The minimum Gasteiger partial charge on any atom is -0.481 e. The van der Waals surface area contributed by atoms with E-state index < -0.39 is 11.8 Å². The standard InChI is InChI=1S/C13H14N4O3S/c1-8-7-21-13(16-8)17-11(19)10(18)15-6-9-4-3-5-14-12(9)20-2/h3-5,7H,6H2,1-2H3,(H,15,18)(H,16,17,19). The molecule has 0 aliphatic carbocycles. The van der Waals surface area contributed by atoms with Crippen LogP contribution in [0.5, 0.6) is 5.88 Å². The predicted molar refractivity (Wildman–Crippen MR) is 78.1 cm³/mol. The van der Waals surface area contributed by atoms with E-state index in [1.165, 1.54) is 18.4 Å². The van der Waals surface area contributed by atoms with Crippen molar-refractivity contribution < 1.29 is 14.3 Å². The van der Waals surface area contributed by atoms with Gasteiger partial charge in [0.1, 0.15) is 0 Å². The lowest BCUT2D eigenvalue weighted by atomic mass is 10.2. The van der Waals surface area contributed by atoms with Gasteiger partial charge in [0, 0.05) is 23.7 Å². The number of thiazole rings is 1. The molecule has 2 heterocycles. The minimum absolute atomic E-state index is 0.153. The third-order valence-electron chi connectivity index (χ3n) is 2.53. The summed E-state index contributed by atoms with van der Waals surface area (Å²) in [5, 5.41) is 7.12. The molecule has 0 fully saturated rings.